The van der Waals surface area contributed by atoms with Gasteiger partial charge in [-0.1, -0.05) is 19.8 Å². The van der Waals surface area contributed by atoms with Gasteiger partial charge in [0.15, 0.2) is 0 Å². The second-order valence-corrected chi connectivity index (χ2v) is 6.06. The van der Waals surface area contributed by atoms with Crippen LogP contribution >= 0.6 is 0 Å². The Hall–Kier alpha value is -1.14. The fraction of sp³-hybridized carbons (Fsp3) is 0.500. The van der Waals surface area contributed by atoms with Crippen LogP contribution in [0.1, 0.15) is 33.1 Å². The van der Waals surface area contributed by atoms with Crippen LogP contribution in [-0.4, -0.2) is 14.5 Å². The van der Waals surface area contributed by atoms with Crippen LogP contribution in [0.2, 0.25) is 0 Å². The number of anilines is 1. The van der Waals surface area contributed by atoms with E-state index in [-0.39, 0.29) is 16.6 Å². The minimum absolute atomic E-state index is 0.00949. The molecule has 0 saturated heterocycles. The molecular weight excluding hydrogens is 255 g/mol. The summed E-state index contributed by atoms with van der Waals surface area (Å²) in [4.78, 5) is -0.00949. The highest BCUT2D eigenvalue weighted by Crippen LogP contribution is 2.17. The predicted molar refractivity (Wildman–Crippen MR) is 70.1 cm³/mol. The van der Waals surface area contributed by atoms with E-state index in [4.69, 9.17) is 5.73 Å². The molecule has 0 spiro atoms. The second-order valence-electron chi connectivity index (χ2n) is 4.35. The summed E-state index contributed by atoms with van der Waals surface area (Å²) in [5.74, 6) is -0.618. The summed E-state index contributed by atoms with van der Waals surface area (Å²) in [6, 6.07) is 3.24. The molecule has 18 heavy (non-hydrogen) atoms. The standard InChI is InChI=1S/C12H19FN2O2S/c1-3-4-5-9(2)15-18(16,17)10-6-7-11(13)12(14)8-10/h6-9,15H,3-5,14H2,1-2H3. The number of hydrogen-bond acceptors (Lipinski definition) is 3. The number of halogens is 1. The third kappa shape index (κ3) is 3.96. The van der Waals surface area contributed by atoms with Crippen molar-refractivity contribution in [3.63, 3.8) is 0 Å². The summed E-state index contributed by atoms with van der Waals surface area (Å²) in [5.41, 5.74) is 5.19. The molecule has 0 radical (unpaired) electrons. The highest BCUT2D eigenvalue weighted by Gasteiger charge is 2.18. The molecule has 1 aromatic carbocycles. The number of nitrogens with two attached hydrogens (primary N) is 1. The topological polar surface area (TPSA) is 72.2 Å². The van der Waals surface area contributed by atoms with Crippen molar-refractivity contribution in [2.24, 2.45) is 0 Å². The molecule has 0 aliphatic rings. The molecular formula is C12H19FN2O2S. The Morgan fingerprint density at radius 3 is 2.67 bits per heavy atom. The zero-order valence-electron chi connectivity index (χ0n) is 10.6. The monoisotopic (exact) mass is 274 g/mol. The minimum atomic E-state index is -3.63. The van der Waals surface area contributed by atoms with E-state index in [1.807, 2.05) is 6.92 Å². The van der Waals surface area contributed by atoms with Crippen molar-refractivity contribution in [3.05, 3.63) is 24.0 Å². The molecule has 4 nitrogen and oxygen atoms in total. The highest BCUT2D eigenvalue weighted by atomic mass is 32.2. The first-order valence-electron chi connectivity index (χ1n) is 5.94. The van der Waals surface area contributed by atoms with Crippen LogP contribution in [0.25, 0.3) is 0 Å². The SMILES string of the molecule is CCCCC(C)NS(=O)(=O)c1ccc(F)c(N)c1. The molecule has 102 valence electrons. The maximum absolute atomic E-state index is 13.0. The lowest BCUT2D eigenvalue weighted by Gasteiger charge is -2.14. The zero-order chi connectivity index (χ0) is 13.8. The van der Waals surface area contributed by atoms with E-state index >= 15 is 0 Å². The van der Waals surface area contributed by atoms with Gasteiger partial charge in [-0.15, -0.1) is 0 Å². The molecule has 0 aromatic heterocycles. The average Bonchev–Trinajstić information content (AvgIpc) is 2.29. The minimum Gasteiger partial charge on any atom is -0.396 e. The van der Waals surface area contributed by atoms with Crippen molar-refractivity contribution in [2.75, 3.05) is 5.73 Å². The van der Waals surface area contributed by atoms with Crippen molar-refractivity contribution < 1.29 is 12.8 Å². The van der Waals surface area contributed by atoms with E-state index in [0.29, 0.717) is 0 Å². The van der Waals surface area contributed by atoms with Crippen LogP contribution in [0.4, 0.5) is 10.1 Å². The van der Waals surface area contributed by atoms with Crippen molar-refractivity contribution in [2.45, 2.75) is 44.0 Å². The summed E-state index contributed by atoms with van der Waals surface area (Å²) in [6.07, 6.45) is 2.73. The summed E-state index contributed by atoms with van der Waals surface area (Å²) in [5, 5.41) is 0. The Bertz CT molecular complexity index is 503. The van der Waals surface area contributed by atoms with E-state index in [0.717, 1.165) is 31.4 Å². The van der Waals surface area contributed by atoms with Gasteiger partial charge >= 0.3 is 0 Å². The van der Waals surface area contributed by atoms with E-state index in [1.165, 1.54) is 6.07 Å². The van der Waals surface area contributed by atoms with E-state index < -0.39 is 15.8 Å². The smallest absolute Gasteiger partial charge is 0.240 e. The first-order valence-corrected chi connectivity index (χ1v) is 7.42. The normalized spacial score (nSPS) is 13.5. The van der Waals surface area contributed by atoms with Crippen molar-refractivity contribution in [3.8, 4) is 0 Å². The molecule has 0 amide bonds. The van der Waals surface area contributed by atoms with Gasteiger partial charge in [-0.3, -0.25) is 0 Å². The number of hydrogen-bond donors (Lipinski definition) is 2. The first-order chi connectivity index (χ1) is 8.36. The van der Waals surface area contributed by atoms with E-state index in [2.05, 4.69) is 4.72 Å². The number of sulfonamides is 1. The lowest BCUT2D eigenvalue weighted by Crippen LogP contribution is -2.32. The molecule has 1 unspecified atom stereocenters. The van der Waals surface area contributed by atoms with Gasteiger partial charge in [0.1, 0.15) is 5.82 Å². The number of nitrogen functional groups attached to an aromatic ring is 1. The molecule has 1 rings (SSSR count). The molecule has 0 fully saturated rings. The first kappa shape index (κ1) is 14.9. The van der Waals surface area contributed by atoms with Gasteiger partial charge < -0.3 is 5.73 Å². The van der Waals surface area contributed by atoms with Gasteiger partial charge in [0.2, 0.25) is 10.0 Å². The number of benzene rings is 1. The number of nitrogens with one attached hydrogen (secondary N) is 1. The fourth-order valence-corrected chi connectivity index (χ4v) is 2.90. The van der Waals surface area contributed by atoms with E-state index in [9.17, 15) is 12.8 Å². The molecule has 0 heterocycles. The summed E-state index contributed by atoms with van der Waals surface area (Å²) in [7, 11) is -3.63. The number of rotatable bonds is 6. The van der Waals surface area contributed by atoms with Gasteiger partial charge in [-0.25, -0.2) is 17.5 Å². The molecule has 3 N–H and O–H groups in total. The third-order valence-corrected chi connectivity index (χ3v) is 4.21. The molecule has 0 aliphatic heterocycles. The molecule has 0 aliphatic carbocycles. The third-order valence-electron chi connectivity index (χ3n) is 2.62. The molecule has 0 bridgehead atoms. The summed E-state index contributed by atoms with van der Waals surface area (Å²) in [6.45, 7) is 3.85. The lowest BCUT2D eigenvalue weighted by atomic mass is 10.2. The Balaban J connectivity index is 2.83. The van der Waals surface area contributed by atoms with Gasteiger partial charge in [0.05, 0.1) is 10.6 Å². The molecule has 6 heteroatoms. The maximum atomic E-state index is 13.0. The fourth-order valence-electron chi connectivity index (χ4n) is 1.59. The average molecular weight is 274 g/mol. The van der Waals surface area contributed by atoms with Crippen LogP contribution in [0.15, 0.2) is 23.1 Å². The highest BCUT2D eigenvalue weighted by molar-refractivity contribution is 7.89. The number of unbranched alkanes of at least 4 members (excludes halogenated alkanes) is 1. The lowest BCUT2D eigenvalue weighted by molar-refractivity contribution is 0.534. The predicted octanol–water partition coefficient (Wildman–Crippen LogP) is 2.26. The Morgan fingerprint density at radius 2 is 2.11 bits per heavy atom. The van der Waals surface area contributed by atoms with Crippen LogP contribution in [0.3, 0.4) is 0 Å². The van der Waals surface area contributed by atoms with Gasteiger partial charge in [-0.2, -0.15) is 0 Å². The van der Waals surface area contributed by atoms with Gasteiger partial charge in [-0.05, 0) is 31.5 Å². The summed E-state index contributed by atoms with van der Waals surface area (Å²) >= 11 is 0. The van der Waals surface area contributed by atoms with Crippen LogP contribution in [-0.2, 0) is 10.0 Å². The Kier molecular flexibility index (Phi) is 5.10. The van der Waals surface area contributed by atoms with Crippen molar-refractivity contribution in [1.29, 1.82) is 0 Å². The second kappa shape index (κ2) is 6.15. The summed E-state index contributed by atoms with van der Waals surface area (Å²) < 4.78 is 39.5. The van der Waals surface area contributed by atoms with Crippen molar-refractivity contribution >= 4 is 15.7 Å². The van der Waals surface area contributed by atoms with Gasteiger partial charge in [0, 0.05) is 6.04 Å². The largest absolute Gasteiger partial charge is 0.396 e. The zero-order valence-corrected chi connectivity index (χ0v) is 11.4. The molecule has 0 saturated carbocycles. The quantitative estimate of drug-likeness (QED) is 0.782. The Morgan fingerprint density at radius 1 is 1.44 bits per heavy atom. The molecule has 1 atom stereocenters. The molecule has 1 aromatic rings. The van der Waals surface area contributed by atoms with E-state index in [1.54, 1.807) is 6.92 Å². The maximum Gasteiger partial charge on any atom is 0.240 e. The van der Waals surface area contributed by atoms with Crippen LogP contribution in [0, 0.1) is 5.82 Å². The van der Waals surface area contributed by atoms with Crippen molar-refractivity contribution in [1.82, 2.24) is 4.72 Å². The Labute approximate surface area is 107 Å². The van der Waals surface area contributed by atoms with Gasteiger partial charge in [0.25, 0.3) is 0 Å². The van der Waals surface area contributed by atoms with Crippen LogP contribution < -0.4 is 10.5 Å². The van der Waals surface area contributed by atoms with Crippen LogP contribution in [0.5, 0.6) is 0 Å².